The van der Waals surface area contributed by atoms with Crippen molar-refractivity contribution in [2.24, 2.45) is 0 Å². The van der Waals surface area contributed by atoms with E-state index in [1.54, 1.807) is 0 Å². The fourth-order valence-electron chi connectivity index (χ4n) is 3.46. The summed E-state index contributed by atoms with van der Waals surface area (Å²) in [7, 11) is -3.22. The Hall–Kier alpha value is -1.28. The summed E-state index contributed by atoms with van der Waals surface area (Å²) in [6.07, 6.45) is -3.79. The summed E-state index contributed by atoms with van der Waals surface area (Å²) in [6, 6.07) is 5.14. The summed E-state index contributed by atoms with van der Waals surface area (Å²) in [5, 5.41) is 9.53. The minimum Gasteiger partial charge on any atom is -0.406 e. The lowest BCUT2D eigenvalue weighted by atomic mass is 9.86. The number of sulfone groups is 1. The minimum absolute atomic E-state index is 0.0152. The van der Waals surface area contributed by atoms with Crippen LogP contribution in [-0.2, 0) is 15.4 Å². The number of ether oxygens (including phenoxy) is 1. The molecule has 8 heteroatoms. The van der Waals surface area contributed by atoms with Crippen LogP contribution in [-0.4, -0.2) is 30.4 Å². The fraction of sp³-hybridized carbons (Fsp3) is 0.571. The van der Waals surface area contributed by atoms with E-state index < -0.39 is 38.1 Å². The molecule has 2 saturated heterocycles. The van der Waals surface area contributed by atoms with Crippen LogP contribution in [0.3, 0.4) is 0 Å². The van der Waals surface area contributed by atoms with Crippen molar-refractivity contribution in [1.29, 1.82) is 0 Å². The third-order valence-electron chi connectivity index (χ3n) is 4.48. The number of hydrogen-bond donors (Lipinski definition) is 1. The van der Waals surface area contributed by atoms with Gasteiger partial charge in [-0.3, -0.25) is 0 Å². The van der Waals surface area contributed by atoms with Crippen LogP contribution in [0.4, 0.5) is 13.2 Å². The molecular weight excluding hydrogens is 321 g/mol. The number of benzene rings is 1. The van der Waals surface area contributed by atoms with Gasteiger partial charge in [0, 0.05) is 0 Å². The van der Waals surface area contributed by atoms with Crippen molar-refractivity contribution in [2.45, 2.75) is 48.1 Å². The van der Waals surface area contributed by atoms with Gasteiger partial charge in [0.25, 0.3) is 0 Å². The zero-order valence-electron chi connectivity index (χ0n) is 11.5. The number of alkyl halides is 3. The van der Waals surface area contributed by atoms with Crippen LogP contribution in [0.1, 0.15) is 31.2 Å². The standard InChI is InChI=1S/C14H15F3O4S/c15-14(16,17)21-10-3-1-2-9(6-10)13(18)7-11-4-5-12(8-13)22(11,19)20/h1-3,6,11-12,18H,4-5,7-8H2. The largest absolute Gasteiger partial charge is 0.573 e. The predicted molar refractivity (Wildman–Crippen MR) is 72.0 cm³/mol. The first-order valence-corrected chi connectivity index (χ1v) is 8.52. The van der Waals surface area contributed by atoms with Crippen molar-refractivity contribution in [3.05, 3.63) is 29.8 Å². The molecule has 0 amide bonds. The Morgan fingerprint density at radius 2 is 1.77 bits per heavy atom. The van der Waals surface area contributed by atoms with Crippen LogP contribution in [0.15, 0.2) is 24.3 Å². The van der Waals surface area contributed by atoms with Crippen LogP contribution in [0, 0.1) is 0 Å². The highest BCUT2D eigenvalue weighted by Crippen LogP contribution is 2.48. The lowest BCUT2D eigenvalue weighted by molar-refractivity contribution is -0.274. The molecule has 122 valence electrons. The van der Waals surface area contributed by atoms with Crippen LogP contribution < -0.4 is 4.74 Å². The molecule has 2 fully saturated rings. The minimum atomic E-state index is -4.81. The second-order valence-electron chi connectivity index (χ2n) is 5.93. The van der Waals surface area contributed by atoms with Crippen molar-refractivity contribution in [3.8, 4) is 5.75 Å². The molecule has 0 radical (unpaired) electrons. The van der Waals surface area contributed by atoms with E-state index in [4.69, 9.17) is 0 Å². The van der Waals surface area contributed by atoms with Gasteiger partial charge in [-0.1, -0.05) is 12.1 Å². The molecule has 1 aromatic carbocycles. The van der Waals surface area contributed by atoms with E-state index >= 15 is 0 Å². The van der Waals surface area contributed by atoms with Gasteiger partial charge in [0.1, 0.15) is 5.75 Å². The Kier molecular flexibility index (Phi) is 3.45. The molecule has 2 aliphatic rings. The monoisotopic (exact) mass is 336 g/mol. The van der Waals surface area contributed by atoms with Gasteiger partial charge >= 0.3 is 6.36 Å². The number of aliphatic hydroxyl groups is 1. The molecular formula is C14H15F3O4S. The van der Waals surface area contributed by atoms with E-state index in [1.165, 1.54) is 12.1 Å². The molecule has 2 heterocycles. The smallest absolute Gasteiger partial charge is 0.406 e. The van der Waals surface area contributed by atoms with E-state index in [-0.39, 0.29) is 18.4 Å². The van der Waals surface area contributed by atoms with Gasteiger partial charge < -0.3 is 9.84 Å². The Morgan fingerprint density at radius 1 is 1.18 bits per heavy atom. The highest BCUT2D eigenvalue weighted by molar-refractivity contribution is 7.93. The fourth-order valence-corrected chi connectivity index (χ4v) is 5.95. The van der Waals surface area contributed by atoms with E-state index in [0.29, 0.717) is 12.8 Å². The first kappa shape index (κ1) is 15.6. The van der Waals surface area contributed by atoms with Gasteiger partial charge in [-0.05, 0) is 43.4 Å². The second-order valence-corrected chi connectivity index (χ2v) is 8.44. The maximum atomic E-state index is 12.3. The maximum Gasteiger partial charge on any atom is 0.573 e. The van der Waals surface area contributed by atoms with Crippen molar-refractivity contribution in [1.82, 2.24) is 0 Å². The third kappa shape index (κ3) is 2.69. The summed E-state index contributed by atoms with van der Waals surface area (Å²) < 4.78 is 64.8. The topological polar surface area (TPSA) is 63.6 Å². The zero-order valence-corrected chi connectivity index (χ0v) is 12.3. The van der Waals surface area contributed by atoms with Crippen molar-refractivity contribution < 1.29 is 31.4 Å². The Morgan fingerprint density at radius 3 is 2.32 bits per heavy atom. The van der Waals surface area contributed by atoms with Crippen molar-refractivity contribution in [2.75, 3.05) is 0 Å². The van der Waals surface area contributed by atoms with Crippen LogP contribution in [0.25, 0.3) is 0 Å². The zero-order chi connectivity index (χ0) is 16.2. The molecule has 4 nitrogen and oxygen atoms in total. The van der Waals surface area contributed by atoms with E-state index in [9.17, 15) is 26.7 Å². The van der Waals surface area contributed by atoms with E-state index in [2.05, 4.69) is 4.74 Å². The molecule has 22 heavy (non-hydrogen) atoms. The predicted octanol–water partition coefficient (Wildman–Crippen LogP) is 2.51. The summed E-state index contributed by atoms with van der Waals surface area (Å²) in [4.78, 5) is 0. The van der Waals surface area contributed by atoms with Gasteiger partial charge in [0.05, 0.1) is 16.1 Å². The summed E-state index contributed by atoms with van der Waals surface area (Å²) in [6.45, 7) is 0. The highest BCUT2D eigenvalue weighted by atomic mass is 32.2. The molecule has 0 aromatic heterocycles. The lowest BCUT2D eigenvalue weighted by Gasteiger charge is -2.36. The molecule has 2 unspecified atom stereocenters. The van der Waals surface area contributed by atoms with Gasteiger partial charge in [-0.2, -0.15) is 0 Å². The molecule has 0 saturated carbocycles. The molecule has 2 atom stereocenters. The Balaban J connectivity index is 1.90. The van der Waals surface area contributed by atoms with E-state index in [1.807, 2.05) is 0 Å². The maximum absolute atomic E-state index is 12.3. The van der Waals surface area contributed by atoms with Crippen LogP contribution in [0.5, 0.6) is 5.75 Å². The van der Waals surface area contributed by atoms with Crippen LogP contribution >= 0.6 is 0 Å². The average molecular weight is 336 g/mol. The second kappa shape index (κ2) is 4.86. The van der Waals surface area contributed by atoms with Gasteiger partial charge in [0.15, 0.2) is 9.84 Å². The lowest BCUT2D eigenvalue weighted by Crippen LogP contribution is -2.43. The summed E-state index contributed by atoms with van der Waals surface area (Å²) in [5.41, 5.74) is -1.16. The number of halogens is 3. The van der Waals surface area contributed by atoms with Crippen molar-refractivity contribution >= 4 is 9.84 Å². The normalized spacial score (nSPS) is 33.6. The first-order valence-electron chi connectivity index (χ1n) is 6.92. The quantitative estimate of drug-likeness (QED) is 0.901. The van der Waals surface area contributed by atoms with E-state index in [0.717, 1.165) is 12.1 Å². The molecule has 1 N–H and O–H groups in total. The van der Waals surface area contributed by atoms with Gasteiger partial charge in [0.2, 0.25) is 0 Å². The summed E-state index contributed by atoms with van der Waals surface area (Å²) >= 11 is 0. The van der Waals surface area contributed by atoms with Crippen molar-refractivity contribution in [3.63, 3.8) is 0 Å². The molecule has 0 aliphatic carbocycles. The Labute approximate surface area is 125 Å². The SMILES string of the molecule is O=S1(=O)C2CCC1CC(O)(c1cccc(OC(F)(F)F)c1)C2. The van der Waals surface area contributed by atoms with Crippen LogP contribution in [0.2, 0.25) is 0 Å². The van der Waals surface area contributed by atoms with Gasteiger partial charge in [-0.15, -0.1) is 13.2 Å². The Bertz CT molecular complexity index is 664. The number of hydrogen-bond acceptors (Lipinski definition) is 4. The highest BCUT2D eigenvalue weighted by Gasteiger charge is 2.53. The molecule has 3 rings (SSSR count). The molecule has 0 spiro atoms. The third-order valence-corrected chi connectivity index (χ3v) is 7.14. The first-order chi connectivity index (χ1) is 10.1. The van der Waals surface area contributed by atoms with Gasteiger partial charge in [-0.25, -0.2) is 8.42 Å². The number of fused-ring (bicyclic) bond motifs is 2. The summed E-state index contributed by atoms with van der Waals surface area (Å²) in [5.74, 6) is -0.417. The molecule has 1 aromatic rings. The number of rotatable bonds is 2. The average Bonchev–Trinajstić information content (AvgIpc) is 2.58. The molecule has 2 bridgehead atoms. The molecule has 2 aliphatic heterocycles.